The Labute approximate surface area is 67.0 Å². The molecule has 0 spiro atoms. The van der Waals surface area contributed by atoms with Gasteiger partial charge in [-0.05, 0) is 31.1 Å². The molecule has 2 heteroatoms. The van der Waals surface area contributed by atoms with E-state index in [0.717, 1.165) is 6.42 Å². The molecule has 0 aromatic carbocycles. The predicted octanol–water partition coefficient (Wildman–Crippen LogP) is 3.12. The van der Waals surface area contributed by atoms with Crippen LogP contribution >= 0.6 is 0 Å². The second kappa shape index (κ2) is 3.51. The average molecular weight is 162 g/mol. The molecule has 0 aromatic heterocycles. The summed E-state index contributed by atoms with van der Waals surface area (Å²) in [6.45, 7) is 4.19. The lowest BCUT2D eigenvalue weighted by molar-refractivity contribution is 0.199. The van der Waals surface area contributed by atoms with Gasteiger partial charge in [-0.3, -0.25) is 0 Å². The summed E-state index contributed by atoms with van der Waals surface area (Å²) in [6.07, 6.45) is -0.503. The molecule has 0 nitrogen and oxygen atoms in total. The van der Waals surface area contributed by atoms with Crippen molar-refractivity contribution in [1.82, 2.24) is 0 Å². The monoisotopic (exact) mass is 162 g/mol. The molecule has 1 fully saturated rings. The van der Waals surface area contributed by atoms with E-state index in [1.54, 1.807) is 0 Å². The molecule has 0 aliphatic heterocycles. The number of hydrogen-bond acceptors (Lipinski definition) is 0. The quantitative estimate of drug-likeness (QED) is 0.585. The van der Waals surface area contributed by atoms with Crippen molar-refractivity contribution < 1.29 is 8.78 Å². The highest BCUT2D eigenvalue weighted by Crippen LogP contribution is 2.34. The fourth-order valence-electron chi connectivity index (χ4n) is 1.89. The predicted molar refractivity (Wildman–Crippen MR) is 42.0 cm³/mol. The molecule has 0 aromatic rings. The molecule has 0 amide bonds. The van der Waals surface area contributed by atoms with E-state index in [1.165, 1.54) is 0 Å². The SMILES string of the molecule is CC(C)CC1CC(F)C(F)C1. The highest BCUT2D eigenvalue weighted by atomic mass is 19.2. The van der Waals surface area contributed by atoms with E-state index >= 15 is 0 Å². The van der Waals surface area contributed by atoms with Gasteiger partial charge < -0.3 is 0 Å². The van der Waals surface area contributed by atoms with Gasteiger partial charge in [-0.15, -0.1) is 0 Å². The van der Waals surface area contributed by atoms with Crippen LogP contribution in [0.15, 0.2) is 0 Å². The topological polar surface area (TPSA) is 0 Å². The van der Waals surface area contributed by atoms with E-state index in [1.807, 2.05) is 0 Å². The number of alkyl halides is 2. The Bertz CT molecular complexity index is 110. The third-order valence-electron chi connectivity index (χ3n) is 2.31. The van der Waals surface area contributed by atoms with Gasteiger partial charge in [0.2, 0.25) is 0 Å². The summed E-state index contributed by atoms with van der Waals surface area (Å²) in [5, 5.41) is 0. The maximum Gasteiger partial charge on any atom is 0.131 e. The van der Waals surface area contributed by atoms with Crippen molar-refractivity contribution in [2.24, 2.45) is 11.8 Å². The first kappa shape index (κ1) is 8.95. The molecule has 1 aliphatic carbocycles. The van der Waals surface area contributed by atoms with Crippen molar-refractivity contribution in [2.75, 3.05) is 0 Å². The Morgan fingerprint density at radius 1 is 1.18 bits per heavy atom. The van der Waals surface area contributed by atoms with Crippen molar-refractivity contribution >= 4 is 0 Å². The van der Waals surface area contributed by atoms with Crippen molar-refractivity contribution in [3.63, 3.8) is 0 Å². The van der Waals surface area contributed by atoms with Gasteiger partial charge in [0.05, 0.1) is 0 Å². The van der Waals surface area contributed by atoms with Crippen LogP contribution in [0.1, 0.15) is 33.1 Å². The van der Waals surface area contributed by atoms with Gasteiger partial charge in [0.1, 0.15) is 12.3 Å². The Balaban J connectivity index is 2.29. The zero-order chi connectivity index (χ0) is 8.43. The van der Waals surface area contributed by atoms with Crippen molar-refractivity contribution in [1.29, 1.82) is 0 Å². The standard InChI is InChI=1S/C9H16F2/c1-6(2)3-7-4-8(10)9(11)5-7/h6-9H,3-5H2,1-2H3. The summed E-state index contributed by atoms with van der Waals surface area (Å²) in [5.41, 5.74) is 0. The van der Waals surface area contributed by atoms with E-state index in [9.17, 15) is 8.78 Å². The molecule has 1 rings (SSSR count). The molecule has 2 unspecified atom stereocenters. The van der Waals surface area contributed by atoms with Gasteiger partial charge in [-0.1, -0.05) is 13.8 Å². The molecular weight excluding hydrogens is 146 g/mol. The highest BCUT2D eigenvalue weighted by Gasteiger charge is 2.34. The van der Waals surface area contributed by atoms with E-state index in [2.05, 4.69) is 13.8 Å². The Kier molecular flexibility index (Phi) is 2.85. The molecule has 1 saturated carbocycles. The van der Waals surface area contributed by atoms with Crippen LogP contribution < -0.4 is 0 Å². The summed E-state index contributed by atoms with van der Waals surface area (Å²) in [6, 6.07) is 0. The molecule has 0 bridgehead atoms. The summed E-state index contributed by atoms with van der Waals surface area (Å²) < 4.78 is 25.3. The van der Waals surface area contributed by atoms with Gasteiger partial charge in [0, 0.05) is 0 Å². The highest BCUT2D eigenvalue weighted by molar-refractivity contribution is 4.83. The van der Waals surface area contributed by atoms with Crippen LogP contribution in [0.25, 0.3) is 0 Å². The third kappa shape index (κ3) is 2.42. The first-order valence-electron chi connectivity index (χ1n) is 4.37. The van der Waals surface area contributed by atoms with Gasteiger partial charge in [-0.2, -0.15) is 0 Å². The number of hydrogen-bond donors (Lipinski definition) is 0. The average Bonchev–Trinajstić information content (AvgIpc) is 2.10. The third-order valence-corrected chi connectivity index (χ3v) is 2.31. The lowest BCUT2D eigenvalue weighted by Gasteiger charge is -2.10. The second-order valence-electron chi connectivity index (χ2n) is 4.00. The molecular formula is C9H16F2. The molecule has 0 heterocycles. The van der Waals surface area contributed by atoms with E-state index in [4.69, 9.17) is 0 Å². The Morgan fingerprint density at radius 2 is 1.64 bits per heavy atom. The molecule has 0 saturated heterocycles. The van der Waals surface area contributed by atoms with Crippen LogP contribution in [0.5, 0.6) is 0 Å². The number of rotatable bonds is 2. The summed E-state index contributed by atoms with van der Waals surface area (Å²) in [7, 11) is 0. The van der Waals surface area contributed by atoms with Crippen LogP contribution in [0, 0.1) is 11.8 Å². The maximum atomic E-state index is 12.6. The van der Waals surface area contributed by atoms with Crippen LogP contribution in [-0.2, 0) is 0 Å². The van der Waals surface area contributed by atoms with Crippen LogP contribution in [-0.4, -0.2) is 12.3 Å². The van der Waals surface area contributed by atoms with Crippen molar-refractivity contribution in [2.45, 2.75) is 45.5 Å². The fraction of sp³-hybridized carbons (Fsp3) is 1.00. The van der Waals surface area contributed by atoms with Crippen molar-refractivity contribution in [3.8, 4) is 0 Å². The fourth-order valence-corrected chi connectivity index (χ4v) is 1.89. The smallest absolute Gasteiger partial charge is 0.131 e. The van der Waals surface area contributed by atoms with Gasteiger partial charge >= 0.3 is 0 Å². The van der Waals surface area contributed by atoms with Gasteiger partial charge in [-0.25, -0.2) is 8.78 Å². The minimum Gasteiger partial charge on any atom is -0.244 e. The van der Waals surface area contributed by atoms with Crippen LogP contribution in [0.3, 0.4) is 0 Å². The maximum absolute atomic E-state index is 12.6. The lowest BCUT2D eigenvalue weighted by Crippen LogP contribution is -2.06. The lowest BCUT2D eigenvalue weighted by atomic mass is 9.96. The molecule has 0 radical (unpaired) electrons. The summed E-state index contributed by atoms with van der Waals surface area (Å²) in [4.78, 5) is 0. The van der Waals surface area contributed by atoms with Crippen LogP contribution in [0.4, 0.5) is 8.78 Å². The van der Waals surface area contributed by atoms with E-state index < -0.39 is 12.3 Å². The van der Waals surface area contributed by atoms with E-state index in [-0.39, 0.29) is 0 Å². The van der Waals surface area contributed by atoms with Gasteiger partial charge in [0.15, 0.2) is 0 Å². The largest absolute Gasteiger partial charge is 0.244 e. The Morgan fingerprint density at radius 3 is 2.00 bits per heavy atom. The minimum atomic E-state index is -1.18. The van der Waals surface area contributed by atoms with Crippen LogP contribution in [0.2, 0.25) is 0 Å². The normalized spacial score (nSPS) is 38.5. The summed E-state index contributed by atoms with van der Waals surface area (Å²) >= 11 is 0. The molecule has 11 heavy (non-hydrogen) atoms. The summed E-state index contributed by atoms with van der Waals surface area (Å²) in [5.74, 6) is 0.859. The molecule has 0 N–H and O–H groups in total. The van der Waals surface area contributed by atoms with Gasteiger partial charge in [0.25, 0.3) is 0 Å². The first-order chi connectivity index (χ1) is 5.09. The minimum absolute atomic E-state index is 0.292. The van der Waals surface area contributed by atoms with E-state index in [0.29, 0.717) is 24.7 Å². The molecule has 2 atom stereocenters. The zero-order valence-electron chi connectivity index (χ0n) is 7.19. The first-order valence-corrected chi connectivity index (χ1v) is 4.37. The molecule has 66 valence electrons. The molecule has 1 aliphatic rings. The second-order valence-corrected chi connectivity index (χ2v) is 4.00. The zero-order valence-corrected chi connectivity index (χ0v) is 7.19. The Hall–Kier alpha value is -0.140. The number of halogens is 2. The van der Waals surface area contributed by atoms with Crippen molar-refractivity contribution in [3.05, 3.63) is 0 Å².